The molecule has 2 N–H and O–H groups in total. The van der Waals surface area contributed by atoms with Crippen molar-refractivity contribution in [1.29, 1.82) is 0 Å². The Morgan fingerprint density at radius 3 is 1.76 bits per heavy atom. The molecule has 0 aliphatic rings. The maximum absolute atomic E-state index is 13.0. The van der Waals surface area contributed by atoms with Crippen molar-refractivity contribution in [3.63, 3.8) is 0 Å². The van der Waals surface area contributed by atoms with E-state index >= 15 is 0 Å². The number of carbonyl (C=O) groups is 3. The lowest BCUT2D eigenvalue weighted by Crippen LogP contribution is -2.30. The molecular formula is C26H24N2O5. The van der Waals surface area contributed by atoms with Gasteiger partial charge in [0.2, 0.25) is 0 Å². The zero-order valence-electron chi connectivity index (χ0n) is 18.5. The summed E-state index contributed by atoms with van der Waals surface area (Å²) in [5, 5.41) is 5.43. The van der Waals surface area contributed by atoms with Crippen molar-refractivity contribution in [2.45, 2.75) is 6.92 Å². The molecule has 0 aliphatic heterocycles. The van der Waals surface area contributed by atoms with Crippen LogP contribution in [0.3, 0.4) is 0 Å². The highest BCUT2D eigenvalue weighted by molar-refractivity contribution is 6.10. The molecule has 0 saturated heterocycles. The van der Waals surface area contributed by atoms with Gasteiger partial charge in [-0.15, -0.1) is 0 Å². The van der Waals surface area contributed by atoms with Crippen molar-refractivity contribution in [3.8, 4) is 11.5 Å². The van der Waals surface area contributed by atoms with E-state index in [1.807, 2.05) is 0 Å². The summed E-state index contributed by atoms with van der Waals surface area (Å²) in [5.41, 5.74) is 2.15. The van der Waals surface area contributed by atoms with Crippen LogP contribution >= 0.6 is 0 Å². The van der Waals surface area contributed by atoms with Crippen LogP contribution in [0.1, 0.15) is 33.2 Å². The number of rotatable bonds is 8. The van der Waals surface area contributed by atoms with Gasteiger partial charge in [-0.3, -0.25) is 14.4 Å². The molecule has 2 amide bonds. The standard InChI is InChI=1S/C26H24N2O5/c1-17(29)19-6-10-21(11-7-19)27-26(31)24(16-18-4-12-22(32-2)13-5-18)28-25(30)20-8-14-23(33-3)15-9-20/h4-16H,1-3H3,(H,27,31)(H,28,30)/b24-16-. The number of nitrogens with one attached hydrogen (secondary N) is 2. The number of benzene rings is 3. The van der Waals surface area contributed by atoms with Crippen molar-refractivity contribution >= 4 is 29.4 Å². The average Bonchev–Trinajstić information content (AvgIpc) is 2.84. The third-order valence-corrected chi connectivity index (χ3v) is 4.82. The van der Waals surface area contributed by atoms with Crippen LogP contribution in [-0.2, 0) is 4.79 Å². The normalized spacial score (nSPS) is 10.8. The molecule has 0 saturated carbocycles. The highest BCUT2D eigenvalue weighted by atomic mass is 16.5. The van der Waals surface area contributed by atoms with Gasteiger partial charge < -0.3 is 20.1 Å². The Morgan fingerprint density at radius 2 is 1.24 bits per heavy atom. The van der Waals surface area contributed by atoms with E-state index in [1.165, 1.54) is 14.0 Å². The molecule has 0 heterocycles. The van der Waals surface area contributed by atoms with Crippen LogP contribution in [-0.4, -0.2) is 31.8 Å². The second kappa shape index (κ2) is 10.8. The first-order valence-electron chi connectivity index (χ1n) is 10.1. The van der Waals surface area contributed by atoms with Crippen molar-refractivity contribution in [2.75, 3.05) is 19.5 Å². The van der Waals surface area contributed by atoms with Crippen molar-refractivity contribution in [3.05, 3.63) is 95.2 Å². The highest BCUT2D eigenvalue weighted by Crippen LogP contribution is 2.17. The van der Waals surface area contributed by atoms with Gasteiger partial charge in [-0.1, -0.05) is 12.1 Å². The quantitative estimate of drug-likeness (QED) is 0.399. The number of amides is 2. The maximum Gasteiger partial charge on any atom is 0.272 e. The molecule has 168 valence electrons. The molecule has 3 aromatic carbocycles. The third-order valence-electron chi connectivity index (χ3n) is 4.82. The fourth-order valence-corrected chi connectivity index (χ4v) is 2.95. The molecule has 7 heteroatoms. The van der Waals surface area contributed by atoms with Gasteiger partial charge in [-0.05, 0) is 79.2 Å². The summed E-state index contributed by atoms with van der Waals surface area (Å²) in [6.07, 6.45) is 1.57. The summed E-state index contributed by atoms with van der Waals surface area (Å²) in [7, 11) is 3.11. The minimum Gasteiger partial charge on any atom is -0.497 e. The summed E-state index contributed by atoms with van der Waals surface area (Å²) < 4.78 is 10.3. The van der Waals surface area contributed by atoms with E-state index in [0.29, 0.717) is 33.9 Å². The minimum atomic E-state index is -0.511. The van der Waals surface area contributed by atoms with Gasteiger partial charge in [0.1, 0.15) is 17.2 Å². The lowest BCUT2D eigenvalue weighted by Gasteiger charge is -2.12. The van der Waals surface area contributed by atoms with Crippen molar-refractivity contribution in [1.82, 2.24) is 5.32 Å². The molecular weight excluding hydrogens is 420 g/mol. The van der Waals surface area contributed by atoms with Gasteiger partial charge in [-0.2, -0.15) is 0 Å². The molecule has 0 fully saturated rings. The smallest absolute Gasteiger partial charge is 0.272 e. The average molecular weight is 444 g/mol. The van der Waals surface area contributed by atoms with Crippen molar-refractivity contribution < 1.29 is 23.9 Å². The Kier molecular flexibility index (Phi) is 7.60. The SMILES string of the molecule is COc1ccc(/C=C(\NC(=O)c2ccc(OC)cc2)C(=O)Nc2ccc(C(C)=O)cc2)cc1. The van der Waals surface area contributed by atoms with Crippen LogP contribution in [0.5, 0.6) is 11.5 Å². The second-order valence-corrected chi connectivity index (χ2v) is 7.10. The molecule has 0 atom stereocenters. The lowest BCUT2D eigenvalue weighted by molar-refractivity contribution is -0.113. The van der Waals surface area contributed by atoms with Crippen LogP contribution in [0.4, 0.5) is 5.69 Å². The van der Waals surface area contributed by atoms with Gasteiger partial charge in [0, 0.05) is 16.8 Å². The van der Waals surface area contributed by atoms with Crippen LogP contribution < -0.4 is 20.1 Å². The number of Topliss-reactive ketones (excluding diaryl/α,β-unsaturated/α-hetero) is 1. The molecule has 33 heavy (non-hydrogen) atoms. The van der Waals surface area contributed by atoms with Crippen LogP contribution in [0.25, 0.3) is 6.08 Å². The first kappa shape index (κ1) is 23.3. The summed E-state index contributed by atoms with van der Waals surface area (Å²) in [5.74, 6) is 0.265. The Labute approximate surface area is 192 Å². The fourth-order valence-electron chi connectivity index (χ4n) is 2.95. The zero-order chi connectivity index (χ0) is 23.8. The Balaban J connectivity index is 1.86. The van der Waals surface area contributed by atoms with E-state index in [-0.39, 0.29) is 11.5 Å². The Hall–Kier alpha value is -4.39. The number of ketones is 1. The van der Waals surface area contributed by atoms with Gasteiger partial charge in [-0.25, -0.2) is 0 Å². The third kappa shape index (κ3) is 6.30. The monoisotopic (exact) mass is 444 g/mol. The number of hydrogen-bond acceptors (Lipinski definition) is 5. The predicted octanol–water partition coefficient (Wildman–Crippen LogP) is 4.32. The number of hydrogen-bond donors (Lipinski definition) is 2. The van der Waals surface area contributed by atoms with Crippen molar-refractivity contribution in [2.24, 2.45) is 0 Å². The van der Waals surface area contributed by atoms with E-state index in [2.05, 4.69) is 10.6 Å². The van der Waals surface area contributed by atoms with E-state index in [9.17, 15) is 14.4 Å². The van der Waals surface area contributed by atoms with Crippen LogP contribution in [0.15, 0.2) is 78.5 Å². The van der Waals surface area contributed by atoms with Gasteiger partial charge in [0.15, 0.2) is 5.78 Å². The topological polar surface area (TPSA) is 93.7 Å². The van der Waals surface area contributed by atoms with Gasteiger partial charge >= 0.3 is 0 Å². The zero-order valence-corrected chi connectivity index (χ0v) is 18.5. The molecule has 7 nitrogen and oxygen atoms in total. The summed E-state index contributed by atoms with van der Waals surface area (Å²) in [6, 6.07) is 20.1. The van der Waals surface area contributed by atoms with E-state index in [4.69, 9.17) is 9.47 Å². The number of carbonyl (C=O) groups excluding carboxylic acids is 3. The largest absolute Gasteiger partial charge is 0.497 e. The summed E-state index contributed by atoms with van der Waals surface area (Å²) >= 11 is 0. The fraction of sp³-hybridized carbons (Fsp3) is 0.115. The van der Waals surface area contributed by atoms with E-state index < -0.39 is 11.8 Å². The molecule has 3 aromatic rings. The molecule has 3 rings (SSSR count). The first-order chi connectivity index (χ1) is 15.9. The molecule has 0 spiro atoms. The Morgan fingerprint density at radius 1 is 0.727 bits per heavy atom. The number of ether oxygens (including phenoxy) is 2. The first-order valence-corrected chi connectivity index (χ1v) is 10.1. The number of anilines is 1. The highest BCUT2D eigenvalue weighted by Gasteiger charge is 2.15. The molecule has 0 bridgehead atoms. The second-order valence-electron chi connectivity index (χ2n) is 7.10. The summed E-state index contributed by atoms with van der Waals surface area (Å²) in [6.45, 7) is 1.47. The molecule has 0 unspecified atom stereocenters. The van der Waals surface area contributed by atoms with Gasteiger partial charge in [0.25, 0.3) is 11.8 Å². The molecule has 0 aliphatic carbocycles. The number of methoxy groups -OCH3 is 2. The minimum absolute atomic E-state index is 0.0524. The van der Waals surface area contributed by atoms with E-state index in [1.54, 1.807) is 86.0 Å². The summed E-state index contributed by atoms with van der Waals surface area (Å²) in [4.78, 5) is 37.3. The predicted molar refractivity (Wildman–Crippen MR) is 127 cm³/mol. The Bertz CT molecular complexity index is 1160. The van der Waals surface area contributed by atoms with Crippen LogP contribution in [0, 0.1) is 0 Å². The lowest BCUT2D eigenvalue weighted by atomic mass is 10.1. The maximum atomic E-state index is 13.0. The van der Waals surface area contributed by atoms with E-state index in [0.717, 1.165) is 0 Å². The molecule has 0 radical (unpaired) electrons. The van der Waals surface area contributed by atoms with Gasteiger partial charge in [0.05, 0.1) is 14.2 Å². The van der Waals surface area contributed by atoms with Crippen LogP contribution in [0.2, 0.25) is 0 Å². The molecule has 0 aromatic heterocycles.